The lowest BCUT2D eigenvalue weighted by Crippen LogP contribution is -2.26. The molecule has 0 aliphatic rings. The second-order valence-electron chi connectivity index (χ2n) is 9.26. The van der Waals surface area contributed by atoms with Crippen molar-refractivity contribution in [2.45, 2.75) is 26.2 Å². The van der Waals surface area contributed by atoms with E-state index >= 15 is 0 Å². The summed E-state index contributed by atoms with van der Waals surface area (Å²) in [4.78, 5) is 31.9. The van der Waals surface area contributed by atoms with Gasteiger partial charge in [0.15, 0.2) is 5.82 Å². The number of pyridine rings is 1. The highest BCUT2D eigenvalue weighted by Crippen LogP contribution is 2.30. The quantitative estimate of drug-likeness (QED) is 0.215. The Kier molecular flexibility index (Phi) is 8.85. The van der Waals surface area contributed by atoms with Crippen molar-refractivity contribution in [1.82, 2.24) is 40.3 Å². The van der Waals surface area contributed by atoms with Crippen molar-refractivity contribution in [3.8, 4) is 5.82 Å². The van der Waals surface area contributed by atoms with E-state index in [4.69, 9.17) is 34.8 Å². The van der Waals surface area contributed by atoms with Gasteiger partial charge in [0.05, 0.1) is 27.0 Å². The highest BCUT2D eigenvalue weighted by atomic mass is 35.5. The maximum atomic E-state index is 13.7. The number of tetrazole rings is 1. The van der Waals surface area contributed by atoms with Crippen molar-refractivity contribution < 1.29 is 22.8 Å². The van der Waals surface area contributed by atoms with Gasteiger partial charge < -0.3 is 10.6 Å². The molecule has 0 spiro atoms. The summed E-state index contributed by atoms with van der Waals surface area (Å²) >= 11 is 18.8. The van der Waals surface area contributed by atoms with E-state index in [1.54, 1.807) is 43.3 Å². The van der Waals surface area contributed by atoms with Crippen molar-refractivity contribution in [1.29, 1.82) is 0 Å². The third-order valence-electron chi connectivity index (χ3n) is 6.11. The second-order valence-corrected chi connectivity index (χ2v) is 10.5. The van der Waals surface area contributed by atoms with Crippen LogP contribution in [0.15, 0.2) is 60.8 Å². The van der Waals surface area contributed by atoms with Crippen LogP contribution in [0.5, 0.6) is 0 Å². The van der Waals surface area contributed by atoms with Crippen molar-refractivity contribution in [2.75, 3.05) is 5.32 Å². The zero-order chi connectivity index (χ0) is 31.6. The lowest BCUT2D eigenvalue weighted by atomic mass is 10.1. The Morgan fingerprint density at radius 1 is 0.955 bits per heavy atom. The first-order chi connectivity index (χ1) is 20.9. The van der Waals surface area contributed by atoms with Gasteiger partial charge in [0.1, 0.15) is 12.2 Å². The number of hydrogen-bond acceptors (Lipinski definition) is 7. The monoisotopic (exact) mass is 663 g/mol. The number of amides is 2. The molecule has 0 unspecified atom stereocenters. The fraction of sp³-hybridized carbons (Fsp3) is 0.148. The van der Waals surface area contributed by atoms with Crippen LogP contribution in [0.1, 0.15) is 43.5 Å². The van der Waals surface area contributed by atoms with E-state index in [0.29, 0.717) is 15.4 Å². The molecule has 3 aromatic heterocycles. The SMILES string of the molecule is Cc1ccc(Cl)c(C(=O)NCc2cccc(Cl)c2)c1NC(=O)c1cc(Cn2nnc(C(F)(F)F)n2)nn1-c1ncccc1Cl. The van der Waals surface area contributed by atoms with Crippen LogP contribution in [-0.2, 0) is 19.3 Å². The zero-order valence-electron chi connectivity index (χ0n) is 22.4. The molecule has 11 nitrogen and oxygen atoms in total. The summed E-state index contributed by atoms with van der Waals surface area (Å²) in [6.07, 6.45) is -3.38. The molecule has 5 rings (SSSR count). The summed E-state index contributed by atoms with van der Waals surface area (Å²) in [5.41, 5.74) is 1.38. The zero-order valence-corrected chi connectivity index (χ0v) is 24.7. The summed E-state index contributed by atoms with van der Waals surface area (Å²) in [6, 6.07) is 14.5. The Hall–Kier alpha value is -4.53. The summed E-state index contributed by atoms with van der Waals surface area (Å²) in [7, 11) is 0. The largest absolute Gasteiger partial charge is 0.455 e. The first kappa shape index (κ1) is 30.9. The van der Waals surface area contributed by atoms with Crippen molar-refractivity contribution in [2.24, 2.45) is 0 Å². The predicted octanol–water partition coefficient (Wildman–Crippen LogP) is 5.77. The van der Waals surface area contributed by atoms with E-state index in [0.717, 1.165) is 10.2 Å². The summed E-state index contributed by atoms with van der Waals surface area (Å²) in [5.74, 6) is -2.67. The van der Waals surface area contributed by atoms with Crippen LogP contribution < -0.4 is 10.6 Å². The molecule has 44 heavy (non-hydrogen) atoms. The van der Waals surface area contributed by atoms with Crippen LogP contribution in [-0.4, -0.2) is 46.8 Å². The molecule has 0 fully saturated rings. The molecule has 2 amide bonds. The summed E-state index contributed by atoms with van der Waals surface area (Å²) in [6.45, 7) is 1.44. The smallest absolute Gasteiger partial charge is 0.348 e. The van der Waals surface area contributed by atoms with Crippen molar-refractivity contribution in [3.05, 3.63) is 110 Å². The van der Waals surface area contributed by atoms with E-state index in [-0.39, 0.29) is 51.6 Å². The number of aromatic nitrogens is 7. The Labute approximate surface area is 261 Å². The maximum absolute atomic E-state index is 13.7. The Morgan fingerprint density at radius 3 is 2.45 bits per heavy atom. The van der Waals surface area contributed by atoms with Gasteiger partial charge in [0.2, 0.25) is 0 Å². The van der Waals surface area contributed by atoms with E-state index in [9.17, 15) is 22.8 Å². The van der Waals surface area contributed by atoms with Crippen LogP contribution in [0.3, 0.4) is 0 Å². The number of hydrogen-bond donors (Lipinski definition) is 2. The average molecular weight is 665 g/mol. The molecule has 0 aliphatic carbocycles. The molecule has 17 heteroatoms. The van der Waals surface area contributed by atoms with Crippen LogP contribution >= 0.6 is 34.8 Å². The standard InChI is InChI=1S/C27H19Cl3F3N9O2/c1-14-7-8-18(29)21(25(44)35-12-15-4-2-5-16(28)10-15)22(14)36-24(43)20-11-17(13-41-39-26(37-40-41)27(31,32)33)38-42(20)23-19(30)6-3-9-34-23/h2-11H,12-13H2,1H3,(H,35,44)(H,36,43). The fourth-order valence-corrected chi connectivity index (χ4v) is 4.75. The van der Waals surface area contributed by atoms with Crippen LogP contribution in [0.2, 0.25) is 15.1 Å². The number of alkyl halides is 3. The molecule has 0 atom stereocenters. The van der Waals surface area contributed by atoms with Gasteiger partial charge in [-0.2, -0.15) is 23.1 Å². The van der Waals surface area contributed by atoms with E-state index in [1.807, 2.05) is 0 Å². The maximum Gasteiger partial charge on any atom is 0.455 e. The highest BCUT2D eigenvalue weighted by molar-refractivity contribution is 6.35. The normalized spacial score (nSPS) is 11.4. The fourth-order valence-electron chi connectivity index (χ4n) is 4.09. The molecule has 5 aromatic rings. The number of anilines is 1. The number of benzene rings is 2. The van der Waals surface area contributed by atoms with Crippen molar-refractivity contribution >= 4 is 52.3 Å². The van der Waals surface area contributed by atoms with Gasteiger partial charge in [-0.1, -0.05) is 53.0 Å². The number of carbonyl (C=O) groups excluding carboxylic acids is 2. The molecule has 2 N–H and O–H groups in total. The number of nitrogens with zero attached hydrogens (tertiary/aromatic N) is 7. The third-order valence-corrected chi connectivity index (χ3v) is 6.96. The minimum Gasteiger partial charge on any atom is -0.348 e. The average Bonchev–Trinajstić information content (AvgIpc) is 3.62. The molecule has 2 aromatic carbocycles. The van der Waals surface area contributed by atoms with E-state index < -0.39 is 23.8 Å². The van der Waals surface area contributed by atoms with Gasteiger partial charge in [-0.05, 0) is 59.7 Å². The molecule has 0 radical (unpaired) electrons. The number of aryl methyl sites for hydroxylation is 1. The molecule has 0 aliphatic heterocycles. The lowest BCUT2D eigenvalue weighted by molar-refractivity contribution is -0.145. The summed E-state index contributed by atoms with van der Waals surface area (Å²) in [5, 5.41) is 20.3. The molecule has 0 bridgehead atoms. The van der Waals surface area contributed by atoms with Gasteiger partial charge in [0.25, 0.3) is 17.6 Å². The van der Waals surface area contributed by atoms with E-state index in [2.05, 4.69) is 36.1 Å². The minimum absolute atomic E-state index is 0.00991. The topological polar surface area (TPSA) is 133 Å². The molecule has 0 saturated heterocycles. The Balaban J connectivity index is 1.47. The second kappa shape index (κ2) is 12.6. The third kappa shape index (κ3) is 6.82. The molecule has 0 saturated carbocycles. The van der Waals surface area contributed by atoms with Gasteiger partial charge in [-0.25, -0.2) is 9.67 Å². The van der Waals surface area contributed by atoms with Gasteiger partial charge in [-0.15, -0.1) is 10.2 Å². The number of halogens is 6. The predicted molar refractivity (Wildman–Crippen MR) is 155 cm³/mol. The van der Waals surface area contributed by atoms with Gasteiger partial charge >= 0.3 is 6.18 Å². The van der Waals surface area contributed by atoms with E-state index in [1.165, 1.54) is 24.4 Å². The minimum atomic E-state index is -4.79. The highest BCUT2D eigenvalue weighted by Gasteiger charge is 2.37. The Morgan fingerprint density at radius 2 is 1.75 bits per heavy atom. The van der Waals surface area contributed by atoms with Crippen LogP contribution in [0, 0.1) is 6.92 Å². The number of nitrogens with one attached hydrogen (secondary N) is 2. The first-order valence-corrected chi connectivity index (χ1v) is 13.7. The lowest BCUT2D eigenvalue weighted by Gasteiger charge is -2.16. The molecular formula is C27H19Cl3F3N9O2. The van der Waals surface area contributed by atoms with Crippen molar-refractivity contribution in [3.63, 3.8) is 0 Å². The molecule has 226 valence electrons. The molecular weight excluding hydrogens is 646 g/mol. The molecule has 3 heterocycles. The van der Waals surface area contributed by atoms with Gasteiger partial charge in [-0.3, -0.25) is 9.59 Å². The number of rotatable bonds is 8. The summed E-state index contributed by atoms with van der Waals surface area (Å²) < 4.78 is 40.0. The van der Waals surface area contributed by atoms with Gasteiger partial charge in [0, 0.05) is 17.8 Å². The van der Waals surface area contributed by atoms with Crippen LogP contribution in [0.4, 0.5) is 18.9 Å². The van der Waals surface area contributed by atoms with Crippen LogP contribution in [0.25, 0.3) is 5.82 Å². The first-order valence-electron chi connectivity index (χ1n) is 12.6. The Bertz CT molecular complexity index is 1870. The number of carbonyl (C=O) groups is 2.